The second kappa shape index (κ2) is 12.6. The summed E-state index contributed by atoms with van der Waals surface area (Å²) in [4.78, 5) is 9.87. The summed E-state index contributed by atoms with van der Waals surface area (Å²) in [5.74, 6) is 0. The maximum atomic E-state index is 9.87. The molecule has 0 unspecified atom stereocenters. The molecule has 0 saturated carbocycles. The average Bonchev–Trinajstić information content (AvgIpc) is 3.16. The van der Waals surface area contributed by atoms with E-state index in [0.717, 1.165) is 16.3 Å². The van der Waals surface area contributed by atoms with Gasteiger partial charge in [-0.3, -0.25) is 0 Å². The summed E-state index contributed by atoms with van der Waals surface area (Å²) in [6.07, 6.45) is 0.833. The molecule has 0 atom stereocenters. The van der Waals surface area contributed by atoms with Crippen LogP contribution in [0, 0.1) is 0 Å². The van der Waals surface area contributed by atoms with Crippen LogP contribution in [0.3, 0.4) is 0 Å². The van der Waals surface area contributed by atoms with Crippen LogP contribution in [0.4, 0.5) is 0 Å². The molecule has 0 bridgehead atoms. The number of hydrogen-bond acceptors (Lipinski definition) is 1. The molecule has 1 nitrogen and oxygen atoms in total. The third kappa shape index (κ3) is 9.51. The summed E-state index contributed by atoms with van der Waals surface area (Å²) in [5.41, 5.74) is 0.750. The van der Waals surface area contributed by atoms with Crippen LogP contribution in [0.15, 0.2) is 89.4 Å². The van der Waals surface area contributed by atoms with Crippen molar-refractivity contribution in [1.29, 1.82) is 0 Å². The van der Waals surface area contributed by atoms with Gasteiger partial charge in [-0.25, -0.2) is 12.1 Å². The van der Waals surface area contributed by atoms with E-state index in [4.69, 9.17) is 0 Å². The van der Waals surface area contributed by atoms with Crippen LogP contribution in [0.25, 0.3) is 0 Å². The van der Waals surface area contributed by atoms with Crippen LogP contribution in [0.2, 0.25) is 0 Å². The van der Waals surface area contributed by atoms with E-state index in [0.29, 0.717) is 0 Å². The molecule has 0 aliphatic heterocycles. The van der Waals surface area contributed by atoms with Crippen molar-refractivity contribution in [2.45, 2.75) is 0 Å². The van der Waals surface area contributed by atoms with E-state index in [1.165, 1.54) is 0 Å². The fraction of sp³-hybridized carbons (Fsp3) is 0. The first-order valence-electron chi connectivity index (χ1n) is 5.87. The van der Waals surface area contributed by atoms with Crippen LogP contribution in [-0.2, 0) is 17.1 Å². The standard InChI is InChI=1S/C6H5Br.C6H5O.C5H5.Fe/c7-6-4-2-1-3-5-6;7-5-6-3-1-2-4-6;1-2-4-5-3-1;/h2*1-5H;1-5H;/q;-1;-5;. The molecule has 0 amide bonds. The molecule has 3 aromatic carbocycles. The summed E-state index contributed by atoms with van der Waals surface area (Å²) in [6, 6.07) is 27.2. The predicted octanol–water partition coefficient (Wildman–Crippen LogP) is 5.07. The van der Waals surface area contributed by atoms with Crippen molar-refractivity contribution >= 4 is 22.2 Å². The Labute approximate surface area is 139 Å². The van der Waals surface area contributed by atoms with Gasteiger partial charge in [0, 0.05) is 21.5 Å². The zero-order valence-corrected chi connectivity index (χ0v) is 13.5. The monoisotopic (exact) mass is 370 g/mol. The number of halogens is 1. The first kappa shape index (κ1) is 18.6. The van der Waals surface area contributed by atoms with Gasteiger partial charge in [0.25, 0.3) is 0 Å². The fourth-order valence-corrected chi connectivity index (χ4v) is 1.51. The Morgan fingerprint density at radius 3 is 1.55 bits per heavy atom. The molecule has 20 heavy (non-hydrogen) atoms. The van der Waals surface area contributed by atoms with E-state index in [1.54, 1.807) is 12.1 Å². The van der Waals surface area contributed by atoms with Crippen molar-refractivity contribution in [2.24, 2.45) is 0 Å². The molecule has 0 aromatic heterocycles. The molecule has 3 rings (SSSR count). The Morgan fingerprint density at radius 1 is 0.850 bits per heavy atom. The van der Waals surface area contributed by atoms with E-state index < -0.39 is 0 Å². The van der Waals surface area contributed by atoms with Crippen LogP contribution >= 0.6 is 15.9 Å². The van der Waals surface area contributed by atoms with Crippen molar-refractivity contribution in [3.63, 3.8) is 0 Å². The Bertz CT molecular complexity index is 498. The molecule has 0 aliphatic carbocycles. The van der Waals surface area contributed by atoms with Gasteiger partial charge < -0.3 is 35.1 Å². The quantitative estimate of drug-likeness (QED) is 0.332. The van der Waals surface area contributed by atoms with Gasteiger partial charge in [0.15, 0.2) is 0 Å². The van der Waals surface area contributed by atoms with Crippen LogP contribution in [0.5, 0.6) is 0 Å². The SMILES string of the molecule is Brc1ccccc1.O=C[c-]1cccc1.[Fe].[cH-]1[cH-][cH-][cH-][cH-]1. The minimum absolute atomic E-state index is 0. The molecule has 0 radical (unpaired) electrons. The molecule has 0 aliphatic rings. The number of carbonyl (C=O) groups is 1. The van der Waals surface area contributed by atoms with E-state index in [9.17, 15) is 4.79 Å². The van der Waals surface area contributed by atoms with E-state index in [-0.39, 0.29) is 17.1 Å². The van der Waals surface area contributed by atoms with Crippen molar-refractivity contribution in [3.8, 4) is 0 Å². The second-order valence-corrected chi connectivity index (χ2v) is 4.51. The van der Waals surface area contributed by atoms with Gasteiger partial charge in [0.2, 0.25) is 0 Å². The van der Waals surface area contributed by atoms with Crippen molar-refractivity contribution in [2.75, 3.05) is 0 Å². The van der Waals surface area contributed by atoms with Crippen LogP contribution in [0.1, 0.15) is 10.4 Å². The predicted molar refractivity (Wildman–Crippen MR) is 83.6 cm³/mol. The second-order valence-electron chi connectivity index (χ2n) is 3.59. The largest absolute Gasteiger partial charge is 0.748 e. The fourth-order valence-electron chi connectivity index (χ4n) is 1.20. The third-order valence-corrected chi connectivity index (χ3v) is 2.64. The summed E-state index contributed by atoms with van der Waals surface area (Å²) in [5, 5.41) is 0. The summed E-state index contributed by atoms with van der Waals surface area (Å²) in [7, 11) is 0. The normalized spacial score (nSPS) is 8.05. The van der Waals surface area contributed by atoms with E-state index in [1.807, 2.05) is 72.8 Å². The zero-order valence-electron chi connectivity index (χ0n) is 10.8. The molecule has 0 heterocycles. The Balaban J connectivity index is 0.000000268. The van der Waals surface area contributed by atoms with Gasteiger partial charge in [-0.15, -0.1) is 0 Å². The molecular weight excluding hydrogens is 356 g/mol. The molecule has 0 fully saturated rings. The first-order valence-corrected chi connectivity index (χ1v) is 6.66. The van der Waals surface area contributed by atoms with E-state index >= 15 is 0 Å². The smallest absolute Gasteiger partial charge is 0.0949 e. The molecule has 0 saturated heterocycles. The number of hydrogen-bond donors (Lipinski definition) is 0. The minimum Gasteiger partial charge on any atom is -0.748 e. The van der Waals surface area contributed by atoms with Crippen molar-refractivity contribution in [1.82, 2.24) is 0 Å². The van der Waals surface area contributed by atoms with Crippen molar-refractivity contribution < 1.29 is 21.9 Å². The molecule has 0 spiro atoms. The topological polar surface area (TPSA) is 17.1 Å². The van der Waals surface area contributed by atoms with Gasteiger partial charge in [0.1, 0.15) is 0 Å². The zero-order chi connectivity index (χ0) is 13.8. The van der Waals surface area contributed by atoms with Gasteiger partial charge in [-0.1, -0.05) is 39.7 Å². The third-order valence-electron chi connectivity index (χ3n) is 2.11. The van der Waals surface area contributed by atoms with Crippen molar-refractivity contribution in [3.05, 3.63) is 95.0 Å². The Kier molecular flexibility index (Phi) is 11.7. The Hall–Kier alpha value is -1.41. The van der Waals surface area contributed by atoms with Gasteiger partial charge >= 0.3 is 0 Å². The number of benzene rings is 1. The molecule has 110 valence electrons. The number of rotatable bonds is 1. The molecular formula is C17H15BrFeO-6. The van der Waals surface area contributed by atoms with Crippen LogP contribution in [-0.4, -0.2) is 6.29 Å². The summed E-state index contributed by atoms with van der Waals surface area (Å²) < 4.78 is 1.13. The minimum atomic E-state index is 0. The van der Waals surface area contributed by atoms with Crippen LogP contribution < -0.4 is 0 Å². The first-order chi connectivity index (χ1) is 9.33. The van der Waals surface area contributed by atoms with Gasteiger partial charge in [-0.2, -0.15) is 12.1 Å². The number of aldehydes is 1. The average molecular weight is 371 g/mol. The summed E-state index contributed by atoms with van der Waals surface area (Å²) in [6.45, 7) is 0. The molecule has 3 heteroatoms. The maximum absolute atomic E-state index is 9.87. The molecule has 3 aromatic rings. The maximum Gasteiger partial charge on any atom is 0.0949 e. The number of carbonyl (C=O) groups excluding carboxylic acids is 1. The Morgan fingerprint density at radius 2 is 1.30 bits per heavy atom. The van der Waals surface area contributed by atoms with Gasteiger partial charge in [-0.05, 0) is 12.1 Å². The molecule has 0 N–H and O–H groups in total. The van der Waals surface area contributed by atoms with E-state index in [2.05, 4.69) is 15.9 Å². The van der Waals surface area contributed by atoms with Gasteiger partial charge in [0.05, 0.1) is 6.29 Å². The summed E-state index contributed by atoms with van der Waals surface area (Å²) >= 11 is 3.31.